The molecule has 0 saturated carbocycles. The standard InChI is InChI=1S/C22H29N5O/c1-4-16(2)22-17(3)14-27(25-22)20-5-6-21(23-13-20)26-10-7-18(8-11-26)24-19-9-12-28-15-19/h4-6,13-14,18-19,24H,1-2,7-12,15H2,3H3/t19-/m1/s1. The molecule has 6 heteroatoms. The fourth-order valence-corrected chi connectivity index (χ4v) is 3.98. The number of aryl methyl sites for hydroxylation is 1. The molecule has 0 unspecified atom stereocenters. The summed E-state index contributed by atoms with van der Waals surface area (Å²) in [7, 11) is 0. The van der Waals surface area contributed by atoms with Crippen molar-refractivity contribution in [3.05, 3.63) is 55.0 Å². The molecule has 2 saturated heterocycles. The highest BCUT2D eigenvalue weighted by Gasteiger charge is 2.24. The molecule has 2 aliphatic heterocycles. The smallest absolute Gasteiger partial charge is 0.128 e. The molecule has 0 bridgehead atoms. The molecule has 148 valence electrons. The molecule has 0 spiro atoms. The van der Waals surface area contributed by atoms with E-state index in [2.05, 4.69) is 40.6 Å². The summed E-state index contributed by atoms with van der Waals surface area (Å²) in [5, 5.41) is 8.37. The lowest BCUT2D eigenvalue weighted by molar-refractivity contribution is 0.186. The molecular weight excluding hydrogens is 350 g/mol. The zero-order valence-corrected chi connectivity index (χ0v) is 16.6. The van der Waals surface area contributed by atoms with Crippen LogP contribution in [0.15, 0.2) is 43.8 Å². The van der Waals surface area contributed by atoms with Gasteiger partial charge in [0.05, 0.1) is 24.2 Å². The molecule has 4 rings (SSSR count). The number of hydrogen-bond donors (Lipinski definition) is 1. The van der Waals surface area contributed by atoms with Gasteiger partial charge in [-0.2, -0.15) is 5.10 Å². The number of ether oxygens (including phenoxy) is 1. The summed E-state index contributed by atoms with van der Waals surface area (Å²) in [6.45, 7) is 13.6. The number of nitrogens with one attached hydrogen (secondary N) is 1. The fraction of sp³-hybridized carbons (Fsp3) is 0.455. The highest BCUT2D eigenvalue weighted by atomic mass is 16.5. The highest BCUT2D eigenvalue weighted by molar-refractivity contribution is 5.70. The Hall–Kier alpha value is -2.44. The second kappa shape index (κ2) is 8.29. The number of allylic oxidation sites excluding steroid dienone is 2. The van der Waals surface area contributed by atoms with E-state index in [1.54, 1.807) is 6.08 Å². The summed E-state index contributed by atoms with van der Waals surface area (Å²) in [4.78, 5) is 7.06. The van der Waals surface area contributed by atoms with Crippen molar-refractivity contribution in [1.82, 2.24) is 20.1 Å². The van der Waals surface area contributed by atoms with Crippen molar-refractivity contribution in [3.8, 4) is 5.69 Å². The first-order valence-electron chi connectivity index (χ1n) is 10.1. The second-order valence-corrected chi connectivity index (χ2v) is 7.70. The maximum atomic E-state index is 5.47. The number of hydrogen-bond acceptors (Lipinski definition) is 5. The van der Waals surface area contributed by atoms with Crippen LogP contribution in [0.25, 0.3) is 11.3 Å². The molecular formula is C22H29N5O. The number of anilines is 1. The van der Waals surface area contributed by atoms with E-state index in [1.165, 1.54) is 0 Å². The van der Waals surface area contributed by atoms with Crippen LogP contribution in [0.3, 0.4) is 0 Å². The molecule has 0 aromatic carbocycles. The summed E-state index contributed by atoms with van der Waals surface area (Å²) in [6, 6.07) is 5.29. The van der Waals surface area contributed by atoms with E-state index in [4.69, 9.17) is 9.72 Å². The third-order valence-electron chi connectivity index (χ3n) is 5.66. The minimum atomic E-state index is 0.536. The van der Waals surface area contributed by atoms with E-state index in [-0.39, 0.29) is 0 Å². The van der Waals surface area contributed by atoms with Gasteiger partial charge in [-0.3, -0.25) is 0 Å². The van der Waals surface area contributed by atoms with Crippen LogP contribution < -0.4 is 10.2 Å². The van der Waals surface area contributed by atoms with Crippen LogP contribution in [-0.4, -0.2) is 53.2 Å². The maximum Gasteiger partial charge on any atom is 0.128 e. The van der Waals surface area contributed by atoms with E-state index in [0.29, 0.717) is 12.1 Å². The Morgan fingerprint density at radius 3 is 2.71 bits per heavy atom. The predicted molar refractivity (Wildman–Crippen MR) is 113 cm³/mol. The van der Waals surface area contributed by atoms with Crippen molar-refractivity contribution in [2.75, 3.05) is 31.2 Å². The van der Waals surface area contributed by atoms with Crippen LogP contribution in [0, 0.1) is 6.92 Å². The van der Waals surface area contributed by atoms with Gasteiger partial charge in [0.2, 0.25) is 0 Å². The molecule has 1 atom stereocenters. The first-order chi connectivity index (χ1) is 13.6. The monoisotopic (exact) mass is 379 g/mol. The van der Waals surface area contributed by atoms with Gasteiger partial charge in [0.15, 0.2) is 0 Å². The van der Waals surface area contributed by atoms with Gasteiger partial charge in [-0.15, -0.1) is 0 Å². The minimum Gasteiger partial charge on any atom is -0.380 e. The average molecular weight is 380 g/mol. The number of aromatic nitrogens is 3. The second-order valence-electron chi connectivity index (χ2n) is 7.70. The molecule has 4 heterocycles. The van der Waals surface area contributed by atoms with Gasteiger partial charge in [0, 0.05) is 38.0 Å². The van der Waals surface area contributed by atoms with Crippen molar-refractivity contribution in [2.45, 2.75) is 38.3 Å². The molecule has 2 aromatic heterocycles. The fourth-order valence-electron chi connectivity index (χ4n) is 3.98. The molecule has 2 aliphatic rings. The van der Waals surface area contributed by atoms with E-state index in [9.17, 15) is 0 Å². The van der Waals surface area contributed by atoms with Crippen LogP contribution >= 0.6 is 0 Å². The van der Waals surface area contributed by atoms with Crippen molar-refractivity contribution < 1.29 is 4.74 Å². The minimum absolute atomic E-state index is 0.536. The van der Waals surface area contributed by atoms with Crippen LogP contribution in [0.5, 0.6) is 0 Å². The van der Waals surface area contributed by atoms with Gasteiger partial charge in [0.1, 0.15) is 5.82 Å². The van der Waals surface area contributed by atoms with E-state index >= 15 is 0 Å². The largest absolute Gasteiger partial charge is 0.380 e. The third-order valence-corrected chi connectivity index (χ3v) is 5.66. The number of pyridine rings is 1. The Labute approximate surface area is 166 Å². The zero-order chi connectivity index (χ0) is 19.5. The molecule has 0 amide bonds. The molecule has 0 radical (unpaired) electrons. The molecule has 2 aromatic rings. The van der Waals surface area contributed by atoms with Gasteiger partial charge >= 0.3 is 0 Å². The summed E-state index contributed by atoms with van der Waals surface area (Å²) < 4.78 is 7.32. The lowest BCUT2D eigenvalue weighted by atomic mass is 10.0. The summed E-state index contributed by atoms with van der Waals surface area (Å²) >= 11 is 0. The first-order valence-corrected chi connectivity index (χ1v) is 10.1. The van der Waals surface area contributed by atoms with E-state index in [1.807, 2.05) is 24.0 Å². The first kappa shape index (κ1) is 18.9. The number of rotatable bonds is 6. The normalized spacial score (nSPS) is 20.5. The van der Waals surface area contributed by atoms with Gasteiger partial charge in [0.25, 0.3) is 0 Å². The zero-order valence-electron chi connectivity index (χ0n) is 16.6. The lowest BCUT2D eigenvalue weighted by Gasteiger charge is -2.34. The number of piperidine rings is 1. The molecule has 6 nitrogen and oxygen atoms in total. The van der Waals surface area contributed by atoms with Crippen LogP contribution in [-0.2, 0) is 4.74 Å². The van der Waals surface area contributed by atoms with E-state index < -0.39 is 0 Å². The number of nitrogens with zero attached hydrogens (tertiary/aromatic N) is 4. The van der Waals surface area contributed by atoms with Crippen molar-refractivity contribution >= 4 is 11.4 Å². The average Bonchev–Trinajstić information content (AvgIpc) is 3.38. The Morgan fingerprint density at radius 1 is 1.25 bits per heavy atom. The van der Waals surface area contributed by atoms with Crippen molar-refractivity contribution in [2.24, 2.45) is 0 Å². The predicted octanol–water partition coefficient (Wildman–Crippen LogP) is 3.12. The Bertz CT molecular complexity index is 827. The SMILES string of the molecule is C=CC(=C)c1nn(-c2ccc(N3CCC(N[C@@H]4CCOC4)CC3)nc2)cc1C. The molecule has 1 N–H and O–H groups in total. The molecule has 0 aliphatic carbocycles. The van der Waals surface area contributed by atoms with Crippen LogP contribution in [0.2, 0.25) is 0 Å². The summed E-state index contributed by atoms with van der Waals surface area (Å²) in [5.74, 6) is 1.03. The molecule has 28 heavy (non-hydrogen) atoms. The van der Waals surface area contributed by atoms with Gasteiger partial charge in [-0.25, -0.2) is 9.67 Å². The quantitative estimate of drug-likeness (QED) is 0.782. The topological polar surface area (TPSA) is 55.2 Å². The van der Waals surface area contributed by atoms with Gasteiger partial charge in [-0.05, 0) is 49.5 Å². The summed E-state index contributed by atoms with van der Waals surface area (Å²) in [5.41, 5.74) is 3.74. The van der Waals surface area contributed by atoms with Gasteiger partial charge in [-0.1, -0.05) is 19.2 Å². The van der Waals surface area contributed by atoms with E-state index in [0.717, 1.165) is 73.9 Å². The van der Waals surface area contributed by atoms with Crippen molar-refractivity contribution in [1.29, 1.82) is 0 Å². The Kier molecular flexibility index (Phi) is 5.59. The summed E-state index contributed by atoms with van der Waals surface area (Å²) in [6.07, 6.45) is 9.06. The van der Waals surface area contributed by atoms with Gasteiger partial charge < -0.3 is 15.0 Å². The lowest BCUT2D eigenvalue weighted by Crippen LogP contribution is -2.46. The Morgan fingerprint density at radius 2 is 2.07 bits per heavy atom. The van der Waals surface area contributed by atoms with Crippen LogP contribution in [0.4, 0.5) is 5.82 Å². The maximum absolute atomic E-state index is 5.47. The highest BCUT2D eigenvalue weighted by Crippen LogP contribution is 2.22. The van der Waals surface area contributed by atoms with Crippen molar-refractivity contribution in [3.63, 3.8) is 0 Å². The molecule has 2 fully saturated rings. The van der Waals surface area contributed by atoms with Crippen LogP contribution in [0.1, 0.15) is 30.5 Å². The Balaban J connectivity index is 1.37. The third kappa shape index (κ3) is 4.03.